The Morgan fingerprint density at radius 1 is 1.21 bits per heavy atom. The topological polar surface area (TPSA) is 62.7 Å². The second kappa shape index (κ2) is 8.23. The highest BCUT2D eigenvalue weighted by molar-refractivity contribution is 5.90. The lowest BCUT2D eigenvalue weighted by Crippen LogP contribution is -2.40. The van der Waals surface area contributed by atoms with Gasteiger partial charge in [0.1, 0.15) is 5.75 Å². The van der Waals surface area contributed by atoms with Crippen molar-refractivity contribution in [2.75, 3.05) is 13.7 Å². The summed E-state index contributed by atoms with van der Waals surface area (Å²) in [5.74, 6) is 0.488. The van der Waals surface area contributed by atoms with Crippen molar-refractivity contribution in [3.8, 4) is 5.75 Å². The molecule has 2 fully saturated rings. The van der Waals surface area contributed by atoms with E-state index >= 15 is 0 Å². The van der Waals surface area contributed by atoms with Gasteiger partial charge in [-0.25, -0.2) is 0 Å². The summed E-state index contributed by atoms with van der Waals surface area (Å²) >= 11 is 0. The highest BCUT2D eigenvalue weighted by Gasteiger charge is 2.47. The van der Waals surface area contributed by atoms with Crippen molar-refractivity contribution < 1.29 is 14.3 Å². The number of likely N-dealkylation sites (tertiary alicyclic amines) is 1. The molecule has 1 aromatic heterocycles. The van der Waals surface area contributed by atoms with Gasteiger partial charge in [-0.1, -0.05) is 18.2 Å². The second-order valence-electron chi connectivity index (χ2n) is 7.73. The molecule has 4 rings (SSSR count). The van der Waals surface area contributed by atoms with E-state index in [0.717, 1.165) is 29.8 Å². The fraction of sp³-hybridized carbons (Fsp3) is 0.435. The number of rotatable bonds is 7. The molecule has 0 bridgehead atoms. The van der Waals surface area contributed by atoms with E-state index in [-0.39, 0.29) is 36.2 Å². The lowest BCUT2D eigenvalue weighted by atomic mass is 9.92. The minimum atomic E-state index is -0.375. The molecule has 1 saturated carbocycles. The molecule has 6 nitrogen and oxygen atoms in total. The maximum absolute atomic E-state index is 13.6. The SMILES string of the molecule is CCN1C(=O)C[C@@H](C(=O)N(Cc2ccccn2)C2CC2)[C@@H]1c1ccc(OC)cc1. The fourth-order valence-electron chi connectivity index (χ4n) is 4.25. The van der Waals surface area contributed by atoms with Crippen LogP contribution in [0.25, 0.3) is 0 Å². The predicted octanol–water partition coefficient (Wildman–Crippen LogP) is 3.19. The van der Waals surface area contributed by atoms with Crippen LogP contribution in [0.4, 0.5) is 0 Å². The Labute approximate surface area is 171 Å². The van der Waals surface area contributed by atoms with Crippen molar-refractivity contribution in [2.45, 2.75) is 44.8 Å². The van der Waals surface area contributed by atoms with E-state index in [0.29, 0.717) is 13.1 Å². The number of hydrogen-bond acceptors (Lipinski definition) is 4. The van der Waals surface area contributed by atoms with Crippen LogP contribution in [0.1, 0.15) is 43.5 Å². The van der Waals surface area contributed by atoms with Crippen molar-refractivity contribution in [1.82, 2.24) is 14.8 Å². The standard InChI is InChI=1S/C23H27N3O3/c1-3-25-21(27)14-20(22(25)16-7-11-19(29-2)12-8-16)23(28)26(18-9-10-18)15-17-6-4-5-13-24-17/h4-8,11-13,18,20,22H,3,9-10,14-15H2,1-2H3/t20-,22+/m1/s1. The molecule has 1 aliphatic heterocycles. The summed E-state index contributed by atoms with van der Waals surface area (Å²) in [5, 5.41) is 0. The third kappa shape index (κ3) is 3.97. The quantitative estimate of drug-likeness (QED) is 0.725. The molecule has 0 spiro atoms. The molecule has 1 saturated heterocycles. The third-order valence-electron chi connectivity index (χ3n) is 5.88. The van der Waals surface area contributed by atoms with Crippen LogP contribution in [-0.2, 0) is 16.1 Å². The van der Waals surface area contributed by atoms with Crippen molar-refractivity contribution >= 4 is 11.8 Å². The molecule has 2 aliphatic rings. The van der Waals surface area contributed by atoms with E-state index in [1.807, 2.05) is 59.2 Å². The number of nitrogens with zero attached hydrogens (tertiary/aromatic N) is 3. The van der Waals surface area contributed by atoms with Crippen LogP contribution in [0, 0.1) is 5.92 Å². The zero-order valence-corrected chi connectivity index (χ0v) is 17.0. The largest absolute Gasteiger partial charge is 0.497 e. The summed E-state index contributed by atoms with van der Waals surface area (Å²) in [4.78, 5) is 34.5. The number of carbonyl (C=O) groups excluding carboxylic acids is 2. The van der Waals surface area contributed by atoms with E-state index in [4.69, 9.17) is 4.74 Å². The molecule has 152 valence electrons. The molecule has 6 heteroatoms. The van der Waals surface area contributed by atoms with Crippen molar-refractivity contribution in [3.63, 3.8) is 0 Å². The molecule has 2 heterocycles. The normalized spacial score (nSPS) is 21.3. The van der Waals surface area contributed by atoms with Crippen molar-refractivity contribution in [1.29, 1.82) is 0 Å². The number of methoxy groups -OCH3 is 1. The molecule has 1 aromatic carbocycles. The van der Waals surface area contributed by atoms with Gasteiger partial charge in [-0.2, -0.15) is 0 Å². The lowest BCUT2D eigenvalue weighted by molar-refractivity contribution is -0.138. The van der Waals surface area contributed by atoms with Crippen LogP contribution >= 0.6 is 0 Å². The maximum atomic E-state index is 13.6. The van der Waals surface area contributed by atoms with Gasteiger partial charge in [0.05, 0.1) is 31.3 Å². The molecule has 0 radical (unpaired) electrons. The molecule has 0 unspecified atom stereocenters. The summed E-state index contributed by atoms with van der Waals surface area (Å²) in [7, 11) is 1.63. The Hall–Kier alpha value is -2.89. The van der Waals surface area contributed by atoms with Crippen LogP contribution in [0.5, 0.6) is 5.75 Å². The van der Waals surface area contributed by atoms with Gasteiger partial charge in [-0.3, -0.25) is 14.6 Å². The Morgan fingerprint density at radius 3 is 2.55 bits per heavy atom. The molecule has 2 atom stereocenters. The lowest BCUT2D eigenvalue weighted by Gasteiger charge is -2.31. The molecular weight excluding hydrogens is 366 g/mol. The van der Waals surface area contributed by atoms with E-state index in [1.54, 1.807) is 13.3 Å². The number of carbonyl (C=O) groups is 2. The first-order valence-electron chi connectivity index (χ1n) is 10.3. The summed E-state index contributed by atoms with van der Waals surface area (Å²) in [6, 6.07) is 13.5. The highest BCUT2D eigenvalue weighted by Crippen LogP contribution is 2.41. The maximum Gasteiger partial charge on any atom is 0.229 e. The monoisotopic (exact) mass is 393 g/mol. The van der Waals surface area contributed by atoms with Gasteiger partial charge in [0.15, 0.2) is 0 Å². The second-order valence-corrected chi connectivity index (χ2v) is 7.73. The van der Waals surface area contributed by atoms with Gasteiger partial charge in [0.25, 0.3) is 0 Å². The summed E-state index contributed by atoms with van der Waals surface area (Å²) in [6.45, 7) is 3.05. The van der Waals surface area contributed by atoms with Gasteiger partial charge < -0.3 is 14.5 Å². The minimum Gasteiger partial charge on any atom is -0.497 e. The first-order chi connectivity index (χ1) is 14.1. The third-order valence-corrected chi connectivity index (χ3v) is 5.88. The fourth-order valence-corrected chi connectivity index (χ4v) is 4.25. The number of hydrogen-bond donors (Lipinski definition) is 0. The van der Waals surface area contributed by atoms with E-state index in [2.05, 4.69) is 4.98 Å². The zero-order valence-electron chi connectivity index (χ0n) is 17.0. The number of aromatic nitrogens is 1. The van der Waals surface area contributed by atoms with E-state index in [1.165, 1.54) is 0 Å². The molecule has 1 aliphatic carbocycles. The Morgan fingerprint density at radius 2 is 1.97 bits per heavy atom. The molecular formula is C23H27N3O3. The molecule has 0 N–H and O–H groups in total. The number of benzene rings is 1. The van der Waals surface area contributed by atoms with Gasteiger partial charge in [0, 0.05) is 25.2 Å². The number of amides is 2. The Balaban J connectivity index is 1.62. The first kappa shape index (κ1) is 19.4. The zero-order chi connectivity index (χ0) is 20.4. The number of ether oxygens (including phenoxy) is 1. The highest BCUT2D eigenvalue weighted by atomic mass is 16.5. The summed E-state index contributed by atoms with van der Waals surface area (Å²) < 4.78 is 5.26. The van der Waals surface area contributed by atoms with Gasteiger partial charge >= 0.3 is 0 Å². The van der Waals surface area contributed by atoms with Crippen LogP contribution < -0.4 is 4.74 Å². The molecule has 2 aromatic rings. The molecule has 29 heavy (non-hydrogen) atoms. The van der Waals surface area contributed by atoms with Crippen LogP contribution in [-0.4, -0.2) is 46.3 Å². The van der Waals surface area contributed by atoms with Crippen LogP contribution in [0.15, 0.2) is 48.7 Å². The van der Waals surface area contributed by atoms with Crippen LogP contribution in [0.3, 0.4) is 0 Å². The van der Waals surface area contributed by atoms with E-state index in [9.17, 15) is 9.59 Å². The van der Waals surface area contributed by atoms with Gasteiger partial charge in [0.2, 0.25) is 11.8 Å². The number of pyridine rings is 1. The van der Waals surface area contributed by atoms with Crippen LogP contribution in [0.2, 0.25) is 0 Å². The minimum absolute atomic E-state index is 0.0419. The first-order valence-corrected chi connectivity index (χ1v) is 10.3. The predicted molar refractivity (Wildman–Crippen MR) is 109 cm³/mol. The average Bonchev–Trinajstić information content (AvgIpc) is 3.54. The average molecular weight is 393 g/mol. The summed E-state index contributed by atoms with van der Waals surface area (Å²) in [6.07, 6.45) is 4.05. The van der Waals surface area contributed by atoms with E-state index < -0.39 is 0 Å². The van der Waals surface area contributed by atoms with Crippen molar-refractivity contribution in [2.24, 2.45) is 5.92 Å². The van der Waals surface area contributed by atoms with Gasteiger partial charge in [-0.15, -0.1) is 0 Å². The molecule has 2 amide bonds. The van der Waals surface area contributed by atoms with Gasteiger partial charge in [-0.05, 0) is 49.6 Å². The smallest absolute Gasteiger partial charge is 0.229 e. The summed E-state index contributed by atoms with van der Waals surface area (Å²) in [5.41, 5.74) is 1.86. The Bertz CT molecular complexity index is 865. The Kier molecular flexibility index (Phi) is 5.51. The van der Waals surface area contributed by atoms with Crippen molar-refractivity contribution in [3.05, 3.63) is 59.9 Å².